The SMILES string of the molecule is Cc1sccc1C(=S)Nc1ccc(Cl)c(OCCC(C)C)c1. The van der Waals surface area contributed by atoms with Crippen molar-refractivity contribution in [3.8, 4) is 5.75 Å². The van der Waals surface area contributed by atoms with E-state index in [4.69, 9.17) is 28.6 Å². The van der Waals surface area contributed by atoms with Gasteiger partial charge in [-0.25, -0.2) is 0 Å². The van der Waals surface area contributed by atoms with Crippen LogP contribution in [0.25, 0.3) is 0 Å². The van der Waals surface area contributed by atoms with Gasteiger partial charge in [0.2, 0.25) is 0 Å². The van der Waals surface area contributed by atoms with E-state index < -0.39 is 0 Å². The molecule has 0 saturated heterocycles. The smallest absolute Gasteiger partial charge is 0.139 e. The molecule has 0 aliphatic rings. The molecular formula is C17H20ClNOS2. The summed E-state index contributed by atoms with van der Waals surface area (Å²) in [6.07, 6.45) is 1.00. The number of thiocarbonyl (C=S) groups is 1. The zero-order valence-electron chi connectivity index (χ0n) is 13.0. The van der Waals surface area contributed by atoms with Gasteiger partial charge in [-0.05, 0) is 42.8 Å². The summed E-state index contributed by atoms with van der Waals surface area (Å²) in [5.41, 5.74) is 1.96. The molecule has 118 valence electrons. The number of halogens is 1. The standard InChI is InChI=1S/C17H20ClNOS2/c1-11(2)6-8-20-16-10-13(4-5-15(16)18)19-17(21)14-7-9-22-12(14)3/h4-5,7,9-11H,6,8H2,1-3H3,(H,19,21). The molecular weight excluding hydrogens is 334 g/mol. The first-order valence-corrected chi connectivity index (χ1v) is 8.91. The molecule has 1 aromatic carbocycles. The second-order valence-corrected chi connectivity index (χ2v) is 7.46. The third-order valence-corrected chi connectivity index (χ3v) is 4.73. The Morgan fingerprint density at radius 3 is 2.77 bits per heavy atom. The van der Waals surface area contributed by atoms with Crippen LogP contribution in [0.5, 0.6) is 5.75 Å². The molecule has 22 heavy (non-hydrogen) atoms. The summed E-state index contributed by atoms with van der Waals surface area (Å²) < 4.78 is 5.77. The monoisotopic (exact) mass is 353 g/mol. The largest absolute Gasteiger partial charge is 0.492 e. The third kappa shape index (κ3) is 4.70. The zero-order chi connectivity index (χ0) is 16.1. The lowest BCUT2D eigenvalue weighted by Gasteiger charge is -2.13. The van der Waals surface area contributed by atoms with Gasteiger partial charge in [0.1, 0.15) is 10.7 Å². The lowest BCUT2D eigenvalue weighted by Crippen LogP contribution is -2.11. The Bertz CT molecular complexity index is 652. The summed E-state index contributed by atoms with van der Waals surface area (Å²) in [7, 11) is 0. The number of nitrogens with one attached hydrogen (secondary N) is 1. The number of thiophene rings is 1. The van der Waals surface area contributed by atoms with Crippen LogP contribution in [-0.4, -0.2) is 11.6 Å². The fourth-order valence-corrected chi connectivity index (χ4v) is 3.20. The average molecular weight is 354 g/mol. The summed E-state index contributed by atoms with van der Waals surface area (Å²) in [6.45, 7) is 7.07. The number of benzene rings is 1. The molecule has 1 heterocycles. The minimum absolute atomic E-state index is 0.606. The van der Waals surface area contributed by atoms with Crippen LogP contribution in [0.3, 0.4) is 0 Å². The molecule has 2 nitrogen and oxygen atoms in total. The van der Waals surface area contributed by atoms with Crippen LogP contribution in [0.15, 0.2) is 29.6 Å². The molecule has 1 N–H and O–H groups in total. The predicted molar refractivity (Wildman–Crippen MR) is 101 cm³/mol. The highest BCUT2D eigenvalue weighted by Gasteiger charge is 2.09. The fourth-order valence-electron chi connectivity index (χ4n) is 1.92. The van der Waals surface area contributed by atoms with Gasteiger partial charge in [0.25, 0.3) is 0 Å². The molecule has 0 amide bonds. The van der Waals surface area contributed by atoms with Crippen molar-refractivity contribution in [2.45, 2.75) is 27.2 Å². The highest BCUT2D eigenvalue weighted by molar-refractivity contribution is 7.81. The molecule has 2 aromatic rings. The van der Waals surface area contributed by atoms with E-state index in [2.05, 4.69) is 26.1 Å². The fraction of sp³-hybridized carbons (Fsp3) is 0.353. The molecule has 0 bridgehead atoms. The Labute approximate surface area is 146 Å². The molecule has 0 saturated carbocycles. The molecule has 0 fully saturated rings. The molecule has 0 aliphatic heterocycles. The zero-order valence-corrected chi connectivity index (χ0v) is 15.4. The van der Waals surface area contributed by atoms with Gasteiger partial charge in [0.05, 0.1) is 11.6 Å². The quantitative estimate of drug-likeness (QED) is 0.651. The third-order valence-electron chi connectivity index (χ3n) is 3.25. The van der Waals surface area contributed by atoms with Crippen LogP contribution >= 0.6 is 35.2 Å². The average Bonchev–Trinajstić information content (AvgIpc) is 2.88. The maximum Gasteiger partial charge on any atom is 0.139 e. The Morgan fingerprint density at radius 2 is 2.14 bits per heavy atom. The van der Waals surface area contributed by atoms with Crippen LogP contribution in [0.4, 0.5) is 5.69 Å². The molecule has 0 atom stereocenters. The van der Waals surface area contributed by atoms with Gasteiger partial charge >= 0.3 is 0 Å². The van der Waals surface area contributed by atoms with Crippen LogP contribution < -0.4 is 10.1 Å². The minimum atomic E-state index is 0.606. The second kappa shape index (κ2) is 7.95. The van der Waals surface area contributed by atoms with Crippen LogP contribution in [0.1, 0.15) is 30.7 Å². The van der Waals surface area contributed by atoms with Crippen molar-refractivity contribution in [3.63, 3.8) is 0 Å². The Balaban J connectivity index is 2.05. The van der Waals surface area contributed by atoms with Gasteiger partial charge in [-0.15, -0.1) is 11.3 Å². The number of ether oxygens (including phenoxy) is 1. The first-order chi connectivity index (χ1) is 10.5. The van der Waals surface area contributed by atoms with Crippen LogP contribution in [0, 0.1) is 12.8 Å². The molecule has 0 radical (unpaired) electrons. The summed E-state index contributed by atoms with van der Waals surface area (Å²) in [5, 5.41) is 5.91. The van der Waals surface area contributed by atoms with Crippen molar-refractivity contribution < 1.29 is 4.74 Å². The molecule has 5 heteroatoms. The maximum absolute atomic E-state index is 6.19. The van der Waals surface area contributed by atoms with Crippen molar-refractivity contribution >= 4 is 45.8 Å². The van der Waals surface area contributed by atoms with Crippen molar-refractivity contribution in [2.75, 3.05) is 11.9 Å². The molecule has 0 spiro atoms. The van der Waals surface area contributed by atoms with E-state index in [0.717, 1.165) is 17.7 Å². The van der Waals surface area contributed by atoms with Crippen molar-refractivity contribution in [1.29, 1.82) is 0 Å². The van der Waals surface area contributed by atoms with Gasteiger partial charge in [0, 0.05) is 22.2 Å². The highest BCUT2D eigenvalue weighted by atomic mass is 35.5. The van der Waals surface area contributed by atoms with E-state index in [1.165, 1.54) is 4.88 Å². The second-order valence-electron chi connectivity index (χ2n) is 5.52. The van der Waals surface area contributed by atoms with Crippen molar-refractivity contribution in [2.24, 2.45) is 5.92 Å². The van der Waals surface area contributed by atoms with E-state index in [9.17, 15) is 0 Å². The van der Waals surface area contributed by atoms with Gasteiger partial charge in [-0.2, -0.15) is 0 Å². The summed E-state index contributed by atoms with van der Waals surface area (Å²) in [4.78, 5) is 1.93. The molecule has 0 aliphatic carbocycles. The lowest BCUT2D eigenvalue weighted by atomic mass is 10.1. The summed E-state index contributed by atoms with van der Waals surface area (Å²) in [5.74, 6) is 1.30. The molecule has 1 aromatic heterocycles. The number of aryl methyl sites for hydroxylation is 1. The van der Waals surface area contributed by atoms with E-state index in [0.29, 0.717) is 28.3 Å². The van der Waals surface area contributed by atoms with E-state index in [-0.39, 0.29) is 0 Å². The van der Waals surface area contributed by atoms with E-state index in [1.54, 1.807) is 11.3 Å². The first-order valence-electron chi connectivity index (χ1n) is 7.25. The van der Waals surface area contributed by atoms with Gasteiger partial charge in [-0.1, -0.05) is 37.7 Å². The summed E-state index contributed by atoms with van der Waals surface area (Å²) in [6, 6.07) is 7.67. The number of hydrogen-bond acceptors (Lipinski definition) is 3. The Hall–Kier alpha value is -1.10. The number of hydrogen-bond donors (Lipinski definition) is 1. The van der Waals surface area contributed by atoms with E-state index >= 15 is 0 Å². The number of anilines is 1. The van der Waals surface area contributed by atoms with Gasteiger partial charge < -0.3 is 10.1 Å². The maximum atomic E-state index is 6.19. The topological polar surface area (TPSA) is 21.3 Å². The van der Waals surface area contributed by atoms with Gasteiger partial charge in [0.15, 0.2) is 0 Å². The highest BCUT2D eigenvalue weighted by Crippen LogP contribution is 2.29. The molecule has 2 rings (SSSR count). The predicted octanol–water partition coefficient (Wildman–Crippen LogP) is 5.92. The number of rotatable bonds is 6. The van der Waals surface area contributed by atoms with Crippen LogP contribution in [-0.2, 0) is 0 Å². The van der Waals surface area contributed by atoms with Crippen molar-refractivity contribution in [3.05, 3.63) is 45.1 Å². The molecule has 0 unspecified atom stereocenters. The van der Waals surface area contributed by atoms with Crippen molar-refractivity contribution in [1.82, 2.24) is 0 Å². The Morgan fingerprint density at radius 1 is 1.36 bits per heavy atom. The normalized spacial score (nSPS) is 10.8. The first kappa shape index (κ1) is 17.3. The summed E-state index contributed by atoms with van der Waals surface area (Å²) >= 11 is 13.3. The van der Waals surface area contributed by atoms with E-state index in [1.807, 2.05) is 29.6 Å². The Kier molecular flexibility index (Phi) is 6.24. The van der Waals surface area contributed by atoms with Gasteiger partial charge in [-0.3, -0.25) is 0 Å². The lowest BCUT2D eigenvalue weighted by molar-refractivity contribution is 0.290. The van der Waals surface area contributed by atoms with Crippen LogP contribution in [0.2, 0.25) is 5.02 Å². The minimum Gasteiger partial charge on any atom is -0.492 e.